The lowest BCUT2D eigenvalue weighted by Crippen LogP contribution is -2.28. The maximum absolute atomic E-state index is 3.84. The number of nitrogens with one attached hydrogen (secondary N) is 1. The third-order valence-corrected chi connectivity index (χ3v) is 2.62. The van der Waals surface area contributed by atoms with Gasteiger partial charge < -0.3 is 5.32 Å². The summed E-state index contributed by atoms with van der Waals surface area (Å²) >= 11 is 0. The molecule has 0 saturated carbocycles. The Morgan fingerprint density at radius 1 is 1.38 bits per heavy atom. The second-order valence-corrected chi connectivity index (χ2v) is 3.55. The molecule has 1 aliphatic rings. The van der Waals surface area contributed by atoms with Gasteiger partial charge in [0.2, 0.25) is 0 Å². The first-order chi connectivity index (χ1) is 6.45. The van der Waals surface area contributed by atoms with Crippen LogP contribution < -0.4 is 5.32 Å². The summed E-state index contributed by atoms with van der Waals surface area (Å²) in [6.07, 6.45) is 5.47. The summed E-state index contributed by atoms with van der Waals surface area (Å²) in [5, 5.41) is 14.4. The lowest BCUT2D eigenvalue weighted by molar-refractivity contribution is 0.330. The molecule has 5 heteroatoms. The maximum Gasteiger partial charge on any atom is 0.138 e. The third kappa shape index (κ3) is 2.48. The Labute approximate surface area is 77.5 Å². The van der Waals surface area contributed by atoms with Crippen molar-refractivity contribution in [1.29, 1.82) is 0 Å². The van der Waals surface area contributed by atoms with Crippen molar-refractivity contribution in [2.45, 2.75) is 25.8 Å². The third-order valence-electron chi connectivity index (χ3n) is 2.62. The van der Waals surface area contributed by atoms with Crippen molar-refractivity contribution < 1.29 is 0 Å². The molecule has 2 rings (SSSR count). The monoisotopic (exact) mass is 181 g/mol. The van der Waals surface area contributed by atoms with E-state index in [0.29, 0.717) is 0 Å². The molecular formula is C8H15N5. The van der Waals surface area contributed by atoms with Crippen LogP contribution in [0.4, 0.5) is 0 Å². The Morgan fingerprint density at radius 3 is 2.92 bits per heavy atom. The van der Waals surface area contributed by atoms with Gasteiger partial charge in [0.25, 0.3) is 0 Å². The van der Waals surface area contributed by atoms with Crippen LogP contribution in [-0.4, -0.2) is 33.3 Å². The van der Waals surface area contributed by atoms with Crippen LogP contribution in [0.2, 0.25) is 0 Å². The molecule has 0 unspecified atom stereocenters. The van der Waals surface area contributed by atoms with Crippen molar-refractivity contribution >= 4 is 0 Å². The summed E-state index contributed by atoms with van der Waals surface area (Å²) < 4.78 is 1.81. The van der Waals surface area contributed by atoms with Crippen LogP contribution in [0.15, 0.2) is 6.33 Å². The molecule has 0 atom stereocenters. The fourth-order valence-corrected chi connectivity index (χ4v) is 1.77. The number of hydrogen-bond acceptors (Lipinski definition) is 4. The highest BCUT2D eigenvalue weighted by Crippen LogP contribution is 2.15. The lowest BCUT2D eigenvalue weighted by Gasteiger charge is -2.21. The summed E-state index contributed by atoms with van der Waals surface area (Å²) in [6.45, 7) is 3.29. The zero-order valence-electron chi connectivity index (χ0n) is 7.69. The Morgan fingerprint density at radius 2 is 2.23 bits per heavy atom. The molecule has 0 spiro atoms. The Hall–Kier alpha value is -0.970. The van der Waals surface area contributed by atoms with Gasteiger partial charge in [-0.3, -0.25) is 0 Å². The topological polar surface area (TPSA) is 55.6 Å². The number of aryl methyl sites for hydroxylation is 1. The summed E-state index contributed by atoms with van der Waals surface area (Å²) in [4.78, 5) is 0. The van der Waals surface area contributed by atoms with E-state index in [-0.39, 0.29) is 0 Å². The highest BCUT2D eigenvalue weighted by molar-refractivity contribution is 4.68. The van der Waals surface area contributed by atoms with Gasteiger partial charge >= 0.3 is 0 Å². The number of aromatic nitrogens is 4. The molecule has 0 radical (unpaired) electrons. The zero-order chi connectivity index (χ0) is 8.93. The summed E-state index contributed by atoms with van der Waals surface area (Å²) in [5.41, 5.74) is 0. The minimum Gasteiger partial charge on any atom is -0.317 e. The summed E-state index contributed by atoms with van der Waals surface area (Å²) in [6, 6.07) is 0. The van der Waals surface area contributed by atoms with Crippen molar-refractivity contribution in [3.8, 4) is 0 Å². The highest BCUT2D eigenvalue weighted by Gasteiger charge is 2.12. The Kier molecular flexibility index (Phi) is 2.86. The van der Waals surface area contributed by atoms with Crippen molar-refractivity contribution in [3.05, 3.63) is 6.33 Å². The normalized spacial score (nSPS) is 19.1. The number of rotatable bonds is 3. The molecule has 0 amide bonds. The van der Waals surface area contributed by atoms with Gasteiger partial charge in [-0.1, -0.05) is 0 Å². The average molecular weight is 181 g/mol. The molecule has 1 aliphatic heterocycles. The number of piperidine rings is 1. The smallest absolute Gasteiger partial charge is 0.138 e. The van der Waals surface area contributed by atoms with Crippen LogP contribution in [0, 0.1) is 5.92 Å². The maximum atomic E-state index is 3.84. The van der Waals surface area contributed by atoms with Gasteiger partial charge in [0.05, 0.1) is 0 Å². The van der Waals surface area contributed by atoms with Crippen LogP contribution in [0.3, 0.4) is 0 Å². The molecule has 0 bridgehead atoms. The highest BCUT2D eigenvalue weighted by atomic mass is 15.5. The molecule has 1 fully saturated rings. The van der Waals surface area contributed by atoms with Crippen molar-refractivity contribution in [2.75, 3.05) is 13.1 Å². The molecule has 1 N–H and O–H groups in total. The molecule has 1 saturated heterocycles. The van der Waals surface area contributed by atoms with E-state index in [2.05, 4.69) is 20.8 Å². The van der Waals surface area contributed by atoms with Crippen molar-refractivity contribution in [1.82, 2.24) is 25.5 Å². The van der Waals surface area contributed by atoms with E-state index in [1.807, 2.05) is 4.68 Å². The Bertz CT molecular complexity index is 227. The number of hydrogen-bond donors (Lipinski definition) is 1. The molecule has 2 heterocycles. The lowest BCUT2D eigenvalue weighted by atomic mass is 9.95. The predicted octanol–water partition coefficient (Wildman–Crippen LogP) is 0.0628. The van der Waals surface area contributed by atoms with Gasteiger partial charge in [-0.25, -0.2) is 4.68 Å². The molecule has 13 heavy (non-hydrogen) atoms. The first kappa shape index (κ1) is 8.62. The van der Waals surface area contributed by atoms with Crippen LogP contribution in [0.1, 0.15) is 19.3 Å². The first-order valence-corrected chi connectivity index (χ1v) is 4.86. The Balaban J connectivity index is 1.72. The molecule has 1 aromatic rings. The van der Waals surface area contributed by atoms with Crippen LogP contribution >= 0.6 is 0 Å². The van der Waals surface area contributed by atoms with Gasteiger partial charge in [-0.05, 0) is 48.7 Å². The van der Waals surface area contributed by atoms with E-state index in [4.69, 9.17) is 0 Å². The molecule has 0 aliphatic carbocycles. The van der Waals surface area contributed by atoms with Gasteiger partial charge in [-0.15, -0.1) is 5.10 Å². The van der Waals surface area contributed by atoms with Crippen LogP contribution in [0.5, 0.6) is 0 Å². The van der Waals surface area contributed by atoms with Gasteiger partial charge in [-0.2, -0.15) is 0 Å². The second kappa shape index (κ2) is 4.32. The largest absolute Gasteiger partial charge is 0.317 e. The minimum atomic E-state index is 0.852. The van der Waals surface area contributed by atoms with Crippen molar-refractivity contribution in [3.63, 3.8) is 0 Å². The fourth-order valence-electron chi connectivity index (χ4n) is 1.77. The zero-order valence-corrected chi connectivity index (χ0v) is 7.69. The molecular weight excluding hydrogens is 166 g/mol. The fraction of sp³-hybridized carbons (Fsp3) is 0.875. The minimum absolute atomic E-state index is 0.852. The van der Waals surface area contributed by atoms with Gasteiger partial charge in [0.1, 0.15) is 6.33 Å². The first-order valence-electron chi connectivity index (χ1n) is 4.86. The predicted molar refractivity (Wildman–Crippen MR) is 48.0 cm³/mol. The van der Waals surface area contributed by atoms with E-state index >= 15 is 0 Å². The SMILES string of the molecule is c1nnnn1CCC1CCNCC1. The summed E-state index contributed by atoms with van der Waals surface area (Å²) in [5.74, 6) is 0.852. The van der Waals surface area contributed by atoms with E-state index in [1.165, 1.54) is 32.4 Å². The standard InChI is InChI=1S/C8H15N5/c1-4-9-5-2-8(1)3-6-13-7-10-11-12-13/h7-9H,1-6H2. The van der Waals surface area contributed by atoms with Crippen molar-refractivity contribution in [2.24, 2.45) is 5.92 Å². The quantitative estimate of drug-likeness (QED) is 0.716. The molecule has 5 nitrogen and oxygen atoms in total. The number of nitrogens with zero attached hydrogens (tertiary/aromatic N) is 4. The molecule has 72 valence electrons. The van der Waals surface area contributed by atoms with E-state index in [0.717, 1.165) is 12.5 Å². The van der Waals surface area contributed by atoms with Gasteiger partial charge in [0.15, 0.2) is 0 Å². The van der Waals surface area contributed by atoms with Crippen LogP contribution in [0.25, 0.3) is 0 Å². The van der Waals surface area contributed by atoms with Crippen LogP contribution in [-0.2, 0) is 6.54 Å². The second-order valence-electron chi connectivity index (χ2n) is 3.55. The average Bonchev–Trinajstić information content (AvgIpc) is 2.69. The summed E-state index contributed by atoms with van der Waals surface area (Å²) in [7, 11) is 0. The van der Waals surface area contributed by atoms with Gasteiger partial charge in [0, 0.05) is 6.54 Å². The molecule has 0 aromatic carbocycles. The van der Waals surface area contributed by atoms with E-state index < -0.39 is 0 Å². The van der Waals surface area contributed by atoms with E-state index in [9.17, 15) is 0 Å². The number of tetrazole rings is 1. The van der Waals surface area contributed by atoms with E-state index in [1.54, 1.807) is 6.33 Å². The molecule has 1 aromatic heterocycles.